The number of fused-ring (bicyclic) bond motifs is 1. The van der Waals surface area contributed by atoms with Crippen LogP contribution in [0.25, 0.3) is 10.1 Å². The molecule has 1 atom stereocenters. The maximum absolute atomic E-state index is 13.6. The number of aryl methyl sites for hydroxylation is 2. The predicted molar refractivity (Wildman–Crippen MR) is 122 cm³/mol. The minimum atomic E-state index is -3.65. The van der Waals surface area contributed by atoms with Gasteiger partial charge < -0.3 is 4.74 Å². The molecule has 29 heavy (non-hydrogen) atoms. The molecule has 7 heteroatoms. The summed E-state index contributed by atoms with van der Waals surface area (Å²) >= 11 is 7.41. The lowest BCUT2D eigenvalue weighted by molar-refractivity contribution is 0.215. The third-order valence-electron chi connectivity index (χ3n) is 4.81. The van der Waals surface area contributed by atoms with E-state index in [9.17, 15) is 8.42 Å². The largest absolute Gasteiger partial charge is 0.492 e. The second-order valence-corrected chi connectivity index (χ2v) is 10.8. The first kappa shape index (κ1) is 22.1. The van der Waals surface area contributed by atoms with Crippen LogP contribution in [0.5, 0.6) is 5.75 Å². The molecule has 0 N–H and O–H groups in total. The molecule has 0 aliphatic carbocycles. The van der Waals surface area contributed by atoms with Gasteiger partial charge in [-0.15, -0.1) is 11.3 Å². The summed E-state index contributed by atoms with van der Waals surface area (Å²) in [5.41, 5.74) is 1.85. The van der Waals surface area contributed by atoms with Crippen LogP contribution in [-0.2, 0) is 10.0 Å². The molecule has 1 heterocycles. The maximum atomic E-state index is 13.6. The van der Waals surface area contributed by atoms with Gasteiger partial charge >= 0.3 is 0 Å². The van der Waals surface area contributed by atoms with E-state index in [2.05, 4.69) is 0 Å². The zero-order chi connectivity index (χ0) is 21.2. The molecule has 0 bridgehead atoms. The van der Waals surface area contributed by atoms with Crippen molar-refractivity contribution >= 4 is 43.0 Å². The first-order chi connectivity index (χ1) is 13.7. The second-order valence-electron chi connectivity index (χ2n) is 7.25. The van der Waals surface area contributed by atoms with E-state index < -0.39 is 10.0 Å². The third kappa shape index (κ3) is 4.77. The highest BCUT2D eigenvalue weighted by Crippen LogP contribution is 2.37. The molecular formula is C22H26ClNO3S2. The molecule has 0 saturated carbocycles. The second kappa shape index (κ2) is 9.04. The lowest BCUT2D eigenvalue weighted by atomic mass is 10.2. The zero-order valence-corrected chi connectivity index (χ0v) is 19.5. The van der Waals surface area contributed by atoms with E-state index in [1.165, 1.54) is 11.3 Å². The van der Waals surface area contributed by atoms with Crippen LogP contribution in [0.15, 0.2) is 46.7 Å². The maximum Gasteiger partial charge on any atom is 0.253 e. The Hall–Kier alpha value is -1.60. The van der Waals surface area contributed by atoms with E-state index in [1.807, 2.05) is 64.1 Å². The zero-order valence-electron chi connectivity index (χ0n) is 17.1. The SMILES string of the molecule is CCCN(C(C)COc1cccc(C)c1)S(=O)(=O)c1sc2ccc(Cl)cc2c1C. The van der Waals surface area contributed by atoms with Gasteiger partial charge in [0.15, 0.2) is 0 Å². The highest BCUT2D eigenvalue weighted by molar-refractivity contribution is 7.91. The van der Waals surface area contributed by atoms with Gasteiger partial charge in [-0.3, -0.25) is 0 Å². The van der Waals surface area contributed by atoms with Crippen molar-refractivity contribution in [3.8, 4) is 5.75 Å². The number of hydrogen-bond acceptors (Lipinski definition) is 4. The Morgan fingerprint density at radius 1 is 1.17 bits per heavy atom. The first-order valence-electron chi connectivity index (χ1n) is 9.64. The van der Waals surface area contributed by atoms with Crippen LogP contribution in [0.1, 0.15) is 31.4 Å². The summed E-state index contributed by atoms with van der Waals surface area (Å²) < 4.78 is 35.9. The summed E-state index contributed by atoms with van der Waals surface area (Å²) in [5, 5.41) is 1.49. The number of nitrogens with zero attached hydrogens (tertiary/aromatic N) is 1. The molecule has 2 aromatic carbocycles. The average Bonchev–Trinajstić information content (AvgIpc) is 3.01. The van der Waals surface area contributed by atoms with Gasteiger partial charge in [0.2, 0.25) is 0 Å². The third-order valence-corrected chi connectivity index (χ3v) is 8.93. The van der Waals surface area contributed by atoms with Gasteiger partial charge in [-0.2, -0.15) is 4.31 Å². The summed E-state index contributed by atoms with van der Waals surface area (Å²) in [6.07, 6.45) is 0.726. The average molecular weight is 452 g/mol. The first-order valence-corrected chi connectivity index (χ1v) is 12.3. The summed E-state index contributed by atoms with van der Waals surface area (Å²) in [5.74, 6) is 0.749. The number of hydrogen-bond donors (Lipinski definition) is 0. The Bertz CT molecular complexity index is 1110. The van der Waals surface area contributed by atoms with Crippen LogP contribution in [0, 0.1) is 13.8 Å². The van der Waals surface area contributed by atoms with Gasteiger partial charge in [0.25, 0.3) is 10.0 Å². The lowest BCUT2D eigenvalue weighted by Gasteiger charge is -2.28. The number of benzene rings is 2. The molecule has 3 rings (SSSR count). The Labute approximate surface area is 182 Å². The fourth-order valence-corrected chi connectivity index (χ4v) is 7.06. The topological polar surface area (TPSA) is 46.6 Å². The Morgan fingerprint density at radius 3 is 2.62 bits per heavy atom. The monoisotopic (exact) mass is 451 g/mol. The van der Waals surface area contributed by atoms with Crippen LogP contribution in [0.3, 0.4) is 0 Å². The van der Waals surface area contributed by atoms with E-state index in [-0.39, 0.29) is 6.04 Å². The van der Waals surface area contributed by atoms with Gasteiger partial charge in [-0.05, 0) is 74.0 Å². The van der Waals surface area contributed by atoms with Gasteiger partial charge in [0.1, 0.15) is 16.6 Å². The molecular weight excluding hydrogens is 426 g/mol. The van der Waals surface area contributed by atoms with E-state index in [0.29, 0.717) is 22.4 Å². The molecule has 0 fully saturated rings. The normalized spacial score (nSPS) is 13.2. The minimum Gasteiger partial charge on any atom is -0.492 e. The molecule has 0 aliphatic heterocycles. The molecule has 1 unspecified atom stereocenters. The predicted octanol–water partition coefficient (Wildman–Crippen LogP) is 6.04. The molecule has 156 valence electrons. The van der Waals surface area contributed by atoms with Crippen molar-refractivity contribution in [3.05, 3.63) is 58.6 Å². The molecule has 0 saturated heterocycles. The van der Waals surface area contributed by atoms with Gasteiger partial charge in [0.05, 0.1) is 6.04 Å². The number of rotatable bonds is 8. The number of thiophene rings is 1. The summed E-state index contributed by atoms with van der Waals surface area (Å²) in [6.45, 7) is 8.45. The van der Waals surface area contributed by atoms with Crippen molar-refractivity contribution < 1.29 is 13.2 Å². The standard InChI is InChI=1S/C22H26ClNO3S2/c1-5-11-24(16(3)14-27-19-8-6-7-15(2)12-19)29(25,26)22-17(4)20-13-18(23)9-10-21(20)28-22/h6-10,12-13,16H,5,11,14H2,1-4H3. The van der Waals surface area contributed by atoms with Gasteiger partial charge in [0, 0.05) is 16.3 Å². The van der Waals surface area contributed by atoms with Crippen molar-refractivity contribution in [2.75, 3.05) is 13.2 Å². The molecule has 4 nitrogen and oxygen atoms in total. The molecule has 0 aliphatic rings. The quantitative estimate of drug-likeness (QED) is 0.419. The van der Waals surface area contributed by atoms with Crippen molar-refractivity contribution in [1.29, 1.82) is 0 Å². The molecule has 0 spiro atoms. The Kier molecular flexibility index (Phi) is 6.89. The fraction of sp³-hybridized carbons (Fsp3) is 0.364. The van der Waals surface area contributed by atoms with E-state index in [1.54, 1.807) is 10.4 Å². The number of halogens is 1. The van der Waals surface area contributed by atoms with Crippen molar-refractivity contribution in [1.82, 2.24) is 4.31 Å². The molecule has 0 amide bonds. The molecule has 3 aromatic rings. The summed E-state index contributed by atoms with van der Waals surface area (Å²) in [4.78, 5) is 0. The van der Waals surface area contributed by atoms with Crippen molar-refractivity contribution in [3.63, 3.8) is 0 Å². The summed E-state index contributed by atoms with van der Waals surface area (Å²) in [6, 6.07) is 13.0. The highest BCUT2D eigenvalue weighted by atomic mass is 35.5. The Morgan fingerprint density at radius 2 is 1.93 bits per heavy atom. The minimum absolute atomic E-state index is 0.290. The van der Waals surface area contributed by atoms with Crippen molar-refractivity contribution in [2.45, 2.75) is 44.4 Å². The number of sulfonamides is 1. The Balaban J connectivity index is 1.89. The number of ether oxygens (including phenoxy) is 1. The van der Waals surface area contributed by atoms with Crippen LogP contribution in [0.2, 0.25) is 5.02 Å². The van der Waals surface area contributed by atoms with Gasteiger partial charge in [-0.1, -0.05) is 30.7 Å². The van der Waals surface area contributed by atoms with E-state index in [4.69, 9.17) is 16.3 Å². The smallest absolute Gasteiger partial charge is 0.253 e. The lowest BCUT2D eigenvalue weighted by Crippen LogP contribution is -2.42. The van der Waals surface area contributed by atoms with Crippen LogP contribution in [-0.4, -0.2) is 31.9 Å². The highest BCUT2D eigenvalue weighted by Gasteiger charge is 2.32. The molecule has 1 aromatic heterocycles. The van der Waals surface area contributed by atoms with E-state index >= 15 is 0 Å². The molecule has 0 radical (unpaired) electrons. The fourth-order valence-electron chi connectivity index (χ4n) is 3.33. The van der Waals surface area contributed by atoms with Crippen molar-refractivity contribution in [2.24, 2.45) is 0 Å². The van der Waals surface area contributed by atoms with Crippen LogP contribution >= 0.6 is 22.9 Å². The van der Waals surface area contributed by atoms with Gasteiger partial charge in [-0.25, -0.2) is 8.42 Å². The van der Waals surface area contributed by atoms with Crippen LogP contribution < -0.4 is 4.74 Å². The van der Waals surface area contributed by atoms with E-state index in [0.717, 1.165) is 33.4 Å². The summed E-state index contributed by atoms with van der Waals surface area (Å²) in [7, 11) is -3.65. The van der Waals surface area contributed by atoms with Crippen LogP contribution in [0.4, 0.5) is 0 Å².